The zero-order chi connectivity index (χ0) is 29.7. The number of ketones is 1. The number of aryl methyl sites for hydroxylation is 2. The van der Waals surface area contributed by atoms with Crippen LogP contribution < -0.4 is 15.4 Å². The molecular formula is C35H52N2O3. The number of Topliss-reactive ketones (excluding diaryl/α,β-unsaturated/α-hetero) is 1. The summed E-state index contributed by atoms with van der Waals surface area (Å²) in [5, 5.41) is 6.34. The van der Waals surface area contributed by atoms with E-state index < -0.39 is 0 Å². The lowest BCUT2D eigenvalue weighted by Crippen LogP contribution is -2.27. The van der Waals surface area contributed by atoms with Gasteiger partial charge in [0.15, 0.2) is 5.78 Å². The molecule has 0 bridgehead atoms. The molecule has 220 valence electrons. The third-order valence-electron chi connectivity index (χ3n) is 8.11. The molecule has 1 saturated carbocycles. The van der Waals surface area contributed by atoms with Crippen molar-refractivity contribution in [3.8, 4) is 5.75 Å². The van der Waals surface area contributed by atoms with Crippen LogP contribution in [0.3, 0.4) is 0 Å². The van der Waals surface area contributed by atoms with E-state index in [0.717, 1.165) is 67.3 Å². The van der Waals surface area contributed by atoms with Gasteiger partial charge < -0.3 is 15.4 Å². The van der Waals surface area contributed by atoms with Gasteiger partial charge in [-0.2, -0.15) is 0 Å². The van der Waals surface area contributed by atoms with Crippen LogP contribution in [-0.4, -0.2) is 31.9 Å². The summed E-state index contributed by atoms with van der Waals surface area (Å²) >= 11 is 0. The van der Waals surface area contributed by atoms with Crippen molar-refractivity contribution in [2.45, 2.75) is 93.4 Å². The van der Waals surface area contributed by atoms with E-state index in [9.17, 15) is 9.59 Å². The molecule has 2 aromatic rings. The summed E-state index contributed by atoms with van der Waals surface area (Å²) in [5.41, 5.74) is 7.81. The van der Waals surface area contributed by atoms with Crippen LogP contribution in [0.5, 0.6) is 5.75 Å². The van der Waals surface area contributed by atoms with Gasteiger partial charge in [-0.25, -0.2) is 0 Å². The molecule has 4 rings (SSSR count). The molecule has 0 saturated heterocycles. The molecule has 0 spiro atoms. The van der Waals surface area contributed by atoms with E-state index in [0.29, 0.717) is 0 Å². The number of carbonyl (C=O) groups is 2. The average Bonchev–Trinajstić information content (AvgIpc) is 2.99. The minimum atomic E-state index is 0.158. The van der Waals surface area contributed by atoms with Gasteiger partial charge in [-0.05, 0) is 112 Å². The van der Waals surface area contributed by atoms with E-state index in [1.54, 1.807) is 14.0 Å². The highest BCUT2D eigenvalue weighted by atomic mass is 16.5. The summed E-state index contributed by atoms with van der Waals surface area (Å²) in [7, 11) is 1.65. The Morgan fingerprint density at radius 1 is 1.00 bits per heavy atom. The standard InChI is InChI=1S/C17H25NO2.C16H21NO.C2H6/c1-4-13-6-8-14(9-7-13)17(19)18-15-10-5-12(2)16(11-15)20-3;1-4-15-11(2)9-14(10-16(15)12(3)18)13-5-7-17-8-6-13;1-2/h5,10-11,13-14H,4,6-9H2,1-3H3,(H,18,19);5,9-10,17H,4,6-8H2,1-3H3;1-2H3. The summed E-state index contributed by atoms with van der Waals surface area (Å²) in [5.74, 6) is 2.14. The van der Waals surface area contributed by atoms with Crippen LogP contribution in [0, 0.1) is 25.7 Å². The molecule has 5 heteroatoms. The van der Waals surface area contributed by atoms with E-state index in [2.05, 4.69) is 49.6 Å². The van der Waals surface area contributed by atoms with Gasteiger partial charge >= 0.3 is 0 Å². The van der Waals surface area contributed by atoms with E-state index in [4.69, 9.17) is 4.74 Å². The zero-order valence-corrected chi connectivity index (χ0v) is 26.2. The molecule has 1 aliphatic heterocycles. The lowest BCUT2D eigenvalue weighted by Gasteiger charge is -2.27. The molecule has 2 aliphatic rings. The van der Waals surface area contributed by atoms with Crippen molar-refractivity contribution in [1.82, 2.24) is 5.32 Å². The number of hydrogen-bond donors (Lipinski definition) is 2. The number of rotatable bonds is 7. The zero-order valence-electron chi connectivity index (χ0n) is 26.2. The summed E-state index contributed by atoms with van der Waals surface area (Å²) in [6.07, 6.45) is 9.85. The monoisotopic (exact) mass is 548 g/mol. The first-order chi connectivity index (χ1) is 19.3. The molecule has 1 aliphatic carbocycles. The first kappa shape index (κ1) is 33.3. The minimum absolute atomic E-state index is 0.158. The van der Waals surface area contributed by atoms with Crippen LogP contribution in [0.4, 0.5) is 5.69 Å². The van der Waals surface area contributed by atoms with Gasteiger partial charge in [-0.1, -0.05) is 52.3 Å². The first-order valence-electron chi connectivity index (χ1n) is 15.3. The molecule has 2 aromatic carbocycles. The van der Waals surface area contributed by atoms with Crippen molar-refractivity contribution < 1.29 is 14.3 Å². The quantitative estimate of drug-likeness (QED) is 0.341. The minimum Gasteiger partial charge on any atom is -0.496 e. The van der Waals surface area contributed by atoms with Crippen molar-refractivity contribution in [3.63, 3.8) is 0 Å². The summed E-state index contributed by atoms with van der Waals surface area (Å²) in [6, 6.07) is 10.1. The molecule has 0 aromatic heterocycles. The summed E-state index contributed by atoms with van der Waals surface area (Å²) in [6.45, 7) is 16.1. The molecule has 1 amide bonds. The predicted octanol–water partition coefficient (Wildman–Crippen LogP) is 8.32. The molecule has 0 radical (unpaired) electrons. The topological polar surface area (TPSA) is 67.4 Å². The number of ether oxygens (including phenoxy) is 1. The fraction of sp³-hybridized carbons (Fsp3) is 0.543. The van der Waals surface area contributed by atoms with Crippen LogP contribution >= 0.6 is 0 Å². The highest BCUT2D eigenvalue weighted by Gasteiger charge is 2.25. The summed E-state index contributed by atoms with van der Waals surface area (Å²) in [4.78, 5) is 24.1. The molecule has 1 heterocycles. The maximum absolute atomic E-state index is 12.3. The Bertz CT molecular complexity index is 1140. The van der Waals surface area contributed by atoms with E-state index in [1.165, 1.54) is 41.5 Å². The van der Waals surface area contributed by atoms with Crippen LogP contribution in [0.2, 0.25) is 0 Å². The highest BCUT2D eigenvalue weighted by molar-refractivity contribution is 5.97. The Morgan fingerprint density at radius 3 is 2.25 bits per heavy atom. The Kier molecular flexibility index (Phi) is 14.2. The maximum atomic E-state index is 12.3. The first-order valence-corrected chi connectivity index (χ1v) is 15.3. The largest absolute Gasteiger partial charge is 0.496 e. The van der Waals surface area contributed by atoms with Gasteiger partial charge in [0, 0.05) is 29.8 Å². The number of hydrogen-bond acceptors (Lipinski definition) is 4. The van der Waals surface area contributed by atoms with Crippen LogP contribution in [0.1, 0.15) is 106 Å². The normalized spacial score (nSPS) is 18.2. The fourth-order valence-corrected chi connectivity index (χ4v) is 5.65. The molecule has 1 fully saturated rings. The highest BCUT2D eigenvalue weighted by Crippen LogP contribution is 2.32. The second-order valence-corrected chi connectivity index (χ2v) is 10.7. The van der Waals surface area contributed by atoms with Gasteiger partial charge in [0.25, 0.3) is 0 Å². The number of nitrogens with one attached hydrogen (secondary N) is 2. The van der Waals surface area contributed by atoms with E-state index in [-0.39, 0.29) is 17.6 Å². The van der Waals surface area contributed by atoms with Gasteiger partial charge in [-0.15, -0.1) is 0 Å². The Balaban J connectivity index is 0.000000265. The van der Waals surface area contributed by atoms with Gasteiger partial charge in [0.05, 0.1) is 7.11 Å². The average molecular weight is 549 g/mol. The number of anilines is 1. The second-order valence-electron chi connectivity index (χ2n) is 10.7. The Morgan fingerprint density at radius 2 is 1.70 bits per heavy atom. The van der Waals surface area contributed by atoms with Crippen molar-refractivity contribution in [3.05, 3.63) is 64.2 Å². The molecule has 2 N–H and O–H groups in total. The van der Waals surface area contributed by atoms with Crippen LogP contribution in [-0.2, 0) is 11.2 Å². The number of benzene rings is 2. The second kappa shape index (κ2) is 17.0. The molecular weight excluding hydrogens is 496 g/mol. The third kappa shape index (κ3) is 9.33. The molecule has 40 heavy (non-hydrogen) atoms. The number of carbonyl (C=O) groups excluding carboxylic acids is 2. The van der Waals surface area contributed by atoms with Crippen molar-refractivity contribution >= 4 is 23.0 Å². The van der Waals surface area contributed by atoms with Crippen molar-refractivity contribution in [2.75, 3.05) is 25.5 Å². The van der Waals surface area contributed by atoms with Gasteiger partial charge in [0.1, 0.15) is 5.75 Å². The van der Waals surface area contributed by atoms with Crippen molar-refractivity contribution in [2.24, 2.45) is 11.8 Å². The Labute approximate surface area is 243 Å². The SMILES string of the molecule is CC.CCC1CCC(C(=O)Nc2ccc(C)c(OC)c2)CC1.CCc1c(C)cc(C2=CCNCC2)cc1C(C)=O. The lowest BCUT2D eigenvalue weighted by atomic mass is 9.80. The van der Waals surface area contributed by atoms with Crippen molar-refractivity contribution in [1.29, 1.82) is 0 Å². The lowest BCUT2D eigenvalue weighted by molar-refractivity contribution is -0.121. The van der Waals surface area contributed by atoms with Crippen LogP contribution in [0.25, 0.3) is 5.57 Å². The smallest absolute Gasteiger partial charge is 0.227 e. The van der Waals surface area contributed by atoms with Crippen LogP contribution in [0.15, 0.2) is 36.4 Å². The fourth-order valence-electron chi connectivity index (χ4n) is 5.65. The third-order valence-corrected chi connectivity index (χ3v) is 8.11. The number of methoxy groups -OCH3 is 1. The summed E-state index contributed by atoms with van der Waals surface area (Å²) < 4.78 is 5.29. The van der Waals surface area contributed by atoms with E-state index in [1.807, 2.05) is 39.0 Å². The van der Waals surface area contributed by atoms with Gasteiger partial charge in [-0.3, -0.25) is 9.59 Å². The molecule has 5 nitrogen and oxygen atoms in total. The number of amides is 1. The van der Waals surface area contributed by atoms with E-state index >= 15 is 0 Å². The maximum Gasteiger partial charge on any atom is 0.227 e. The molecule has 0 atom stereocenters. The molecule has 0 unspecified atom stereocenters. The Hall–Kier alpha value is -2.92. The van der Waals surface area contributed by atoms with Gasteiger partial charge in [0.2, 0.25) is 5.91 Å². The predicted molar refractivity (Wildman–Crippen MR) is 169 cm³/mol.